The number of nitrogens with zero attached hydrogens (tertiary/aromatic N) is 4. The lowest BCUT2D eigenvalue weighted by molar-refractivity contribution is -0.647. The molecule has 0 atom stereocenters. The molecule has 4 heteroatoms. The molecule has 0 aliphatic carbocycles. The first-order chi connectivity index (χ1) is 17.7. The molecule has 0 N–H and O–H groups in total. The van der Waals surface area contributed by atoms with Crippen molar-refractivity contribution in [2.45, 2.75) is 6.92 Å². The summed E-state index contributed by atoms with van der Waals surface area (Å²) in [6.07, 6.45) is 4.33. The number of imidazole rings is 1. The summed E-state index contributed by atoms with van der Waals surface area (Å²) in [6.45, 7) is 2.23. The minimum atomic E-state index is 1.15. The monoisotopic (exact) mass is 466 g/mol. The van der Waals surface area contributed by atoms with Gasteiger partial charge in [0.1, 0.15) is 22.6 Å². The number of pyridine rings is 1. The van der Waals surface area contributed by atoms with E-state index in [0.29, 0.717) is 0 Å². The van der Waals surface area contributed by atoms with E-state index in [-0.39, 0.29) is 0 Å². The fourth-order valence-electron chi connectivity index (χ4n) is 5.56. The van der Waals surface area contributed by atoms with Crippen LogP contribution < -0.4 is 9.13 Å². The number of aromatic nitrogens is 4. The summed E-state index contributed by atoms with van der Waals surface area (Å²) in [6, 6.07) is 38.8. The van der Waals surface area contributed by atoms with Gasteiger partial charge in [-0.05, 0) is 67.6 Å². The van der Waals surface area contributed by atoms with Crippen molar-refractivity contribution < 1.29 is 9.13 Å². The normalized spacial score (nSPS) is 11.6. The van der Waals surface area contributed by atoms with Crippen molar-refractivity contribution in [3.05, 3.63) is 127 Å². The Morgan fingerprint density at radius 1 is 0.639 bits per heavy atom. The van der Waals surface area contributed by atoms with Gasteiger partial charge in [-0.15, -0.1) is 0 Å². The molecule has 172 valence electrons. The maximum atomic E-state index is 2.40. The number of hydrogen-bond acceptors (Lipinski definition) is 0. The summed E-state index contributed by atoms with van der Waals surface area (Å²) < 4.78 is 9.20. The quantitative estimate of drug-likeness (QED) is 0.279. The second-order valence-corrected chi connectivity index (χ2v) is 9.31. The topological polar surface area (TPSA) is 17.6 Å². The number of hydrogen-bond donors (Lipinski definition) is 0. The van der Waals surface area contributed by atoms with Crippen LogP contribution in [0.15, 0.2) is 122 Å². The number of benzene rings is 4. The second kappa shape index (κ2) is 7.92. The van der Waals surface area contributed by atoms with Crippen molar-refractivity contribution in [2.24, 2.45) is 7.05 Å². The van der Waals surface area contributed by atoms with Gasteiger partial charge in [0.05, 0.1) is 18.6 Å². The zero-order chi connectivity index (χ0) is 24.2. The first-order valence-electron chi connectivity index (χ1n) is 12.3. The Kier molecular flexibility index (Phi) is 4.55. The Balaban J connectivity index is 1.53. The molecule has 0 saturated heterocycles. The fraction of sp³-hybridized carbons (Fsp3) is 0.0625. The molecule has 7 aromatic rings. The van der Waals surface area contributed by atoms with Crippen LogP contribution in [0.4, 0.5) is 0 Å². The lowest BCUT2D eigenvalue weighted by Crippen LogP contribution is -2.32. The van der Waals surface area contributed by atoms with Gasteiger partial charge in [0.2, 0.25) is 0 Å². The number of rotatable bonds is 3. The highest BCUT2D eigenvalue weighted by atomic mass is 15.2. The maximum absolute atomic E-state index is 2.40. The van der Waals surface area contributed by atoms with Gasteiger partial charge in [-0.2, -0.15) is 13.7 Å². The van der Waals surface area contributed by atoms with Crippen LogP contribution >= 0.6 is 0 Å². The predicted molar refractivity (Wildman–Crippen MR) is 145 cm³/mol. The van der Waals surface area contributed by atoms with Gasteiger partial charge in [0.25, 0.3) is 12.0 Å². The van der Waals surface area contributed by atoms with E-state index in [1.54, 1.807) is 0 Å². The van der Waals surface area contributed by atoms with Gasteiger partial charge in [-0.25, -0.2) is 4.57 Å². The van der Waals surface area contributed by atoms with Crippen molar-refractivity contribution in [3.63, 3.8) is 0 Å². The molecule has 0 radical (unpaired) electrons. The highest BCUT2D eigenvalue weighted by molar-refractivity contribution is 6.06. The highest BCUT2D eigenvalue weighted by Crippen LogP contribution is 2.32. The van der Waals surface area contributed by atoms with Crippen LogP contribution in [0, 0.1) is 6.92 Å². The van der Waals surface area contributed by atoms with Gasteiger partial charge >= 0.3 is 0 Å². The standard InChI is InChI=1S/C32H26N4/c1-23-27(35-22-34(24-12-4-3-5-13-24)30-17-8-9-18-31(30)35)19-10-20-28(23)36-29-16-7-6-14-25(29)26-15-11-21-33(2)32(26)36/h3-22H,1-2H3/q+2. The van der Waals surface area contributed by atoms with E-state index in [1.165, 1.54) is 49.9 Å². The average Bonchev–Trinajstić information content (AvgIpc) is 3.47. The largest absolute Gasteiger partial charge is 0.294 e. The van der Waals surface area contributed by atoms with Gasteiger partial charge in [0.15, 0.2) is 11.0 Å². The van der Waals surface area contributed by atoms with Crippen molar-refractivity contribution >= 4 is 33.0 Å². The molecule has 0 spiro atoms. The zero-order valence-electron chi connectivity index (χ0n) is 20.3. The SMILES string of the molecule is Cc1c(-n2c3ccccc3c3ccc[n+](C)c32)cccc1-[n+]1cn(-c2ccccc2)c2ccccc21. The molecule has 0 bridgehead atoms. The molecule has 3 heterocycles. The smallest absolute Gasteiger partial charge is 0.236 e. The van der Waals surface area contributed by atoms with Crippen molar-refractivity contribution in [1.29, 1.82) is 0 Å². The summed E-state index contributed by atoms with van der Waals surface area (Å²) in [5.74, 6) is 0. The molecular weight excluding hydrogens is 440 g/mol. The molecule has 36 heavy (non-hydrogen) atoms. The third-order valence-corrected chi connectivity index (χ3v) is 7.24. The van der Waals surface area contributed by atoms with E-state index >= 15 is 0 Å². The van der Waals surface area contributed by atoms with Crippen LogP contribution in [-0.4, -0.2) is 9.13 Å². The van der Waals surface area contributed by atoms with Crippen LogP contribution in [0.5, 0.6) is 0 Å². The molecule has 4 aromatic carbocycles. The molecule has 0 aliphatic rings. The fourth-order valence-corrected chi connectivity index (χ4v) is 5.56. The lowest BCUT2D eigenvalue weighted by atomic mass is 10.1. The molecule has 4 nitrogen and oxygen atoms in total. The van der Waals surface area contributed by atoms with E-state index in [4.69, 9.17) is 0 Å². The predicted octanol–water partition coefficient (Wildman–Crippen LogP) is 6.14. The number of para-hydroxylation sites is 4. The van der Waals surface area contributed by atoms with Crippen molar-refractivity contribution in [1.82, 2.24) is 9.13 Å². The van der Waals surface area contributed by atoms with E-state index in [2.05, 4.69) is 154 Å². The molecule has 0 unspecified atom stereocenters. The van der Waals surface area contributed by atoms with Crippen LogP contribution in [-0.2, 0) is 7.05 Å². The van der Waals surface area contributed by atoms with E-state index in [9.17, 15) is 0 Å². The van der Waals surface area contributed by atoms with Gasteiger partial charge in [-0.3, -0.25) is 0 Å². The minimum Gasteiger partial charge on any atom is -0.236 e. The van der Waals surface area contributed by atoms with E-state index in [0.717, 1.165) is 5.69 Å². The Hall–Kier alpha value is -4.70. The molecule has 3 aromatic heterocycles. The Bertz CT molecular complexity index is 1910. The molecule has 0 saturated carbocycles. The summed E-state index contributed by atoms with van der Waals surface area (Å²) in [7, 11) is 2.12. The lowest BCUT2D eigenvalue weighted by Gasteiger charge is -2.09. The Morgan fingerprint density at radius 3 is 2.22 bits per heavy atom. The number of aryl methyl sites for hydroxylation is 1. The third-order valence-electron chi connectivity index (χ3n) is 7.24. The highest BCUT2D eigenvalue weighted by Gasteiger charge is 2.26. The number of fused-ring (bicyclic) bond motifs is 4. The summed E-state index contributed by atoms with van der Waals surface area (Å²) in [5, 5.41) is 2.52. The van der Waals surface area contributed by atoms with E-state index in [1.807, 2.05) is 0 Å². The second-order valence-electron chi connectivity index (χ2n) is 9.31. The third kappa shape index (κ3) is 2.94. The molecule has 0 fully saturated rings. The summed E-state index contributed by atoms with van der Waals surface area (Å²) >= 11 is 0. The van der Waals surface area contributed by atoms with Crippen molar-refractivity contribution in [2.75, 3.05) is 0 Å². The first kappa shape index (κ1) is 20.7. The van der Waals surface area contributed by atoms with Gasteiger partial charge in [0, 0.05) is 10.9 Å². The molecule has 0 aliphatic heterocycles. The maximum Gasteiger partial charge on any atom is 0.294 e. The first-order valence-corrected chi connectivity index (χ1v) is 12.3. The summed E-state index contributed by atoms with van der Waals surface area (Å²) in [4.78, 5) is 0. The molecule has 0 amide bonds. The van der Waals surface area contributed by atoms with Gasteiger partial charge in [-0.1, -0.05) is 48.5 Å². The van der Waals surface area contributed by atoms with Crippen LogP contribution in [0.1, 0.15) is 5.56 Å². The van der Waals surface area contributed by atoms with Crippen LogP contribution in [0.3, 0.4) is 0 Å². The van der Waals surface area contributed by atoms with E-state index < -0.39 is 0 Å². The Labute approximate surface area is 209 Å². The van der Waals surface area contributed by atoms with Crippen molar-refractivity contribution in [3.8, 4) is 17.1 Å². The molecule has 7 rings (SSSR count). The Morgan fingerprint density at radius 2 is 1.36 bits per heavy atom. The van der Waals surface area contributed by atoms with Gasteiger partial charge < -0.3 is 0 Å². The minimum absolute atomic E-state index is 1.15. The van der Waals surface area contributed by atoms with Crippen LogP contribution in [0.25, 0.3) is 50.0 Å². The van der Waals surface area contributed by atoms with Crippen LogP contribution in [0.2, 0.25) is 0 Å². The zero-order valence-corrected chi connectivity index (χ0v) is 20.3. The average molecular weight is 467 g/mol. The summed E-state index contributed by atoms with van der Waals surface area (Å²) in [5.41, 5.74) is 9.49. The molecular formula is C32H26N4+2.